The molecule has 0 aliphatic heterocycles. The van der Waals surface area contributed by atoms with E-state index in [-0.39, 0.29) is 44.7 Å². The normalized spacial score (nSPS) is 15.5. The van der Waals surface area contributed by atoms with Gasteiger partial charge in [-0.2, -0.15) is 0 Å². The number of benzene rings is 5. The second kappa shape index (κ2) is 10.4. The number of aryl methyl sites for hydroxylation is 4. The summed E-state index contributed by atoms with van der Waals surface area (Å²) in [5.74, 6) is 0. The first-order valence-corrected chi connectivity index (χ1v) is 13.6. The van der Waals surface area contributed by atoms with Gasteiger partial charge in [-0.05, 0) is 59.6 Å². The molecule has 0 bridgehead atoms. The number of hydrogen-bond donors (Lipinski definition) is 0. The largest absolute Gasteiger partial charge is 0.456 e. The van der Waals surface area contributed by atoms with Crippen molar-refractivity contribution in [2.24, 2.45) is 7.05 Å². The van der Waals surface area contributed by atoms with Gasteiger partial charge in [0, 0.05) is 36.2 Å². The van der Waals surface area contributed by atoms with Gasteiger partial charge in [-0.15, -0.1) is 0 Å². The van der Waals surface area contributed by atoms with Crippen molar-refractivity contribution in [3.8, 4) is 44.6 Å². The number of aromatic nitrogens is 1. The molecule has 0 N–H and O–H groups in total. The lowest BCUT2D eigenvalue weighted by atomic mass is 9.92. The highest BCUT2D eigenvalue weighted by atomic mass is 16.3. The van der Waals surface area contributed by atoms with Crippen LogP contribution < -0.4 is 4.57 Å². The number of pyridine rings is 1. The molecule has 0 amide bonds. The molecule has 2 aromatic heterocycles. The quantitative estimate of drug-likeness (QED) is 0.153. The van der Waals surface area contributed by atoms with E-state index in [0.29, 0.717) is 33.2 Å². The van der Waals surface area contributed by atoms with Crippen molar-refractivity contribution >= 4 is 27.6 Å². The molecule has 2 heterocycles. The average molecular weight is 567 g/mol. The topological polar surface area (TPSA) is 21.4 Å². The third-order valence-electron chi connectivity index (χ3n) is 7.81. The standard InChI is InChI=1S/C40H31N2O/c1-25-16-18-32-33-20-21-35(41-4)38(29-14-10-7-11-15-29)40(33)43-39(32)37(25)36-23-34(27(3)24-42(36)5)31-19-17-30(22-26(31)2)28-12-8-6-9-13-28/h6-24H,1-3,5H3/q+1/i2D3,3D3,7D,10D,11D,14D,15D. The van der Waals surface area contributed by atoms with Crippen LogP contribution in [0.15, 0.2) is 120 Å². The van der Waals surface area contributed by atoms with Crippen molar-refractivity contribution in [2.75, 3.05) is 0 Å². The molecule has 0 aliphatic carbocycles. The first-order chi connectivity index (χ1) is 25.4. The molecule has 0 radical (unpaired) electrons. The van der Waals surface area contributed by atoms with Crippen LogP contribution in [0.5, 0.6) is 0 Å². The Bertz CT molecular complexity index is 2690. The minimum Gasteiger partial charge on any atom is -0.456 e. The van der Waals surface area contributed by atoms with Crippen LogP contribution in [-0.4, -0.2) is 0 Å². The van der Waals surface area contributed by atoms with Gasteiger partial charge < -0.3 is 4.42 Å². The smallest absolute Gasteiger partial charge is 0.216 e. The van der Waals surface area contributed by atoms with Gasteiger partial charge in [0.25, 0.3) is 0 Å². The molecule has 0 atom stereocenters. The Morgan fingerprint density at radius 2 is 1.47 bits per heavy atom. The summed E-state index contributed by atoms with van der Waals surface area (Å²) in [7, 11) is 1.69. The third kappa shape index (κ3) is 4.40. The molecule has 0 unspecified atom stereocenters. The SMILES string of the molecule is [2H]c1c([2H])c([2H])c(-c2c([N+]#[C-])ccc3c2oc2c(-c4cc(-c5ccc(-c6ccccc6)cc5C([2H])([2H])[2H])c(C([2H])([2H])[2H])c[n+]4C)c(C)ccc23)c([2H])c1[2H]. The highest BCUT2D eigenvalue weighted by Gasteiger charge is 2.25. The first kappa shape index (κ1) is 16.9. The van der Waals surface area contributed by atoms with Crippen LogP contribution in [0.4, 0.5) is 5.69 Å². The van der Waals surface area contributed by atoms with E-state index < -0.39 is 43.9 Å². The monoisotopic (exact) mass is 566 g/mol. The van der Waals surface area contributed by atoms with Crippen LogP contribution in [0.1, 0.15) is 31.8 Å². The zero-order valence-corrected chi connectivity index (χ0v) is 23.4. The lowest BCUT2D eigenvalue weighted by molar-refractivity contribution is -0.660. The van der Waals surface area contributed by atoms with Crippen molar-refractivity contribution in [2.45, 2.75) is 20.6 Å². The van der Waals surface area contributed by atoms with E-state index in [1.807, 2.05) is 49.4 Å². The lowest BCUT2D eigenvalue weighted by Gasteiger charge is -2.13. The molecule has 0 fully saturated rings. The van der Waals surface area contributed by atoms with E-state index >= 15 is 0 Å². The summed E-state index contributed by atoms with van der Waals surface area (Å²) in [4.78, 5) is 3.63. The van der Waals surface area contributed by atoms with Crippen LogP contribution in [0, 0.1) is 27.2 Å². The Hall–Kier alpha value is -5.46. The Labute approximate surface area is 267 Å². The number of nitrogens with zero attached hydrogens (tertiary/aromatic N) is 2. The molecule has 0 saturated carbocycles. The van der Waals surface area contributed by atoms with Gasteiger partial charge in [-0.25, -0.2) is 9.41 Å². The highest BCUT2D eigenvalue weighted by Crippen LogP contribution is 2.44. The van der Waals surface area contributed by atoms with E-state index in [4.69, 9.17) is 26.1 Å². The second-order valence-corrected chi connectivity index (χ2v) is 10.4. The Morgan fingerprint density at radius 3 is 2.21 bits per heavy atom. The van der Waals surface area contributed by atoms with Crippen molar-refractivity contribution in [1.82, 2.24) is 0 Å². The summed E-state index contributed by atoms with van der Waals surface area (Å²) in [6.07, 6.45) is 1.47. The number of rotatable bonds is 4. The van der Waals surface area contributed by atoms with E-state index in [1.165, 1.54) is 12.3 Å². The van der Waals surface area contributed by atoms with Gasteiger partial charge in [0.05, 0.1) is 19.0 Å². The molecule has 5 aromatic carbocycles. The van der Waals surface area contributed by atoms with Gasteiger partial charge in [0.1, 0.15) is 18.2 Å². The maximum Gasteiger partial charge on any atom is 0.216 e. The maximum atomic E-state index is 8.69. The predicted octanol–water partition coefficient (Wildman–Crippen LogP) is 10.6. The number of hydrogen-bond acceptors (Lipinski definition) is 1. The average Bonchev–Trinajstić information content (AvgIpc) is 3.51. The van der Waals surface area contributed by atoms with Crippen molar-refractivity contribution in [3.05, 3.63) is 143 Å². The van der Waals surface area contributed by atoms with Crippen LogP contribution in [0.3, 0.4) is 0 Å². The van der Waals surface area contributed by atoms with Gasteiger partial charge >= 0.3 is 0 Å². The Balaban J connectivity index is 1.55. The molecule has 3 nitrogen and oxygen atoms in total. The minimum atomic E-state index is -2.62. The zero-order chi connectivity index (χ0) is 39.0. The summed E-state index contributed by atoms with van der Waals surface area (Å²) < 4.78 is 101. The van der Waals surface area contributed by atoms with Crippen LogP contribution in [0.25, 0.3) is 71.4 Å². The molecule has 0 aliphatic rings. The van der Waals surface area contributed by atoms with E-state index in [9.17, 15) is 0 Å². The molecular formula is C40H31N2O+. The van der Waals surface area contributed by atoms with Gasteiger partial charge in [-0.3, -0.25) is 0 Å². The number of furan rings is 1. The molecule has 0 spiro atoms. The van der Waals surface area contributed by atoms with Crippen LogP contribution in [0.2, 0.25) is 0 Å². The fraction of sp³-hybridized carbons (Fsp3) is 0.100. The molecule has 3 heteroatoms. The van der Waals surface area contributed by atoms with E-state index in [2.05, 4.69) is 4.85 Å². The fourth-order valence-electron chi connectivity index (χ4n) is 5.73. The molecular weight excluding hydrogens is 524 g/mol. The molecule has 7 aromatic rings. The zero-order valence-electron chi connectivity index (χ0n) is 34.4. The maximum absolute atomic E-state index is 8.69. The minimum absolute atomic E-state index is 0.0113. The second-order valence-electron chi connectivity index (χ2n) is 10.4. The van der Waals surface area contributed by atoms with Crippen LogP contribution >= 0.6 is 0 Å². The molecule has 7 rings (SSSR count). The summed E-state index contributed by atoms with van der Waals surface area (Å²) in [5, 5.41) is 1.14. The van der Waals surface area contributed by atoms with Crippen molar-refractivity contribution < 1.29 is 24.1 Å². The number of fused-ring (bicyclic) bond motifs is 3. The Kier molecular flexibility index (Phi) is 4.08. The third-order valence-corrected chi connectivity index (χ3v) is 7.81. The van der Waals surface area contributed by atoms with Crippen molar-refractivity contribution in [3.63, 3.8) is 0 Å². The van der Waals surface area contributed by atoms with Gasteiger partial charge in [0.15, 0.2) is 11.9 Å². The highest BCUT2D eigenvalue weighted by molar-refractivity contribution is 6.15. The van der Waals surface area contributed by atoms with Gasteiger partial charge in [0.2, 0.25) is 5.69 Å². The van der Waals surface area contributed by atoms with E-state index in [0.717, 1.165) is 11.1 Å². The van der Waals surface area contributed by atoms with Crippen LogP contribution in [-0.2, 0) is 7.05 Å². The van der Waals surface area contributed by atoms with Gasteiger partial charge in [-0.1, -0.05) is 103 Å². The molecule has 206 valence electrons. The predicted molar refractivity (Wildman–Crippen MR) is 177 cm³/mol. The summed E-state index contributed by atoms with van der Waals surface area (Å²) in [5.41, 5.74) is 4.06. The van der Waals surface area contributed by atoms with E-state index in [1.54, 1.807) is 41.9 Å². The summed E-state index contributed by atoms with van der Waals surface area (Å²) >= 11 is 0. The first-order valence-electron chi connectivity index (χ1n) is 19.1. The lowest BCUT2D eigenvalue weighted by Crippen LogP contribution is -2.31. The Morgan fingerprint density at radius 1 is 0.721 bits per heavy atom. The summed E-state index contributed by atoms with van der Waals surface area (Å²) in [6.45, 7) is 4.55. The molecule has 43 heavy (non-hydrogen) atoms. The molecule has 0 saturated heterocycles. The summed E-state index contributed by atoms with van der Waals surface area (Å²) in [6, 6.07) is 20.3. The fourth-order valence-corrected chi connectivity index (χ4v) is 5.73. The van der Waals surface area contributed by atoms with Crippen molar-refractivity contribution in [1.29, 1.82) is 0 Å².